The molecule has 4 heterocycles. The van der Waals surface area contributed by atoms with Gasteiger partial charge in [0.25, 0.3) is 0 Å². The molecule has 11 rings (SSSR count). The lowest BCUT2D eigenvalue weighted by Gasteiger charge is -2.41. The molecule has 2 unspecified atom stereocenters. The van der Waals surface area contributed by atoms with Crippen molar-refractivity contribution in [2.45, 2.75) is 30.3 Å². The average molecular weight is 708 g/mol. The third kappa shape index (κ3) is 4.56. The number of thiophene rings is 1. The van der Waals surface area contributed by atoms with Crippen LogP contribution in [0.5, 0.6) is 0 Å². The predicted octanol–water partition coefficient (Wildman–Crippen LogP) is 12.9. The number of likely N-dealkylation sites (N-methyl/N-ethyl adjacent to an activating group) is 1. The minimum absolute atomic E-state index is 0.0632. The Labute approximate surface area is 311 Å². The van der Waals surface area contributed by atoms with Gasteiger partial charge >= 0.3 is 0 Å². The maximum absolute atomic E-state index is 4.01. The fourth-order valence-electron chi connectivity index (χ4n) is 8.47. The van der Waals surface area contributed by atoms with E-state index in [0.29, 0.717) is 0 Å². The fraction of sp³-hybridized carbons (Fsp3) is 0.106. The van der Waals surface area contributed by atoms with Crippen LogP contribution >= 0.6 is 23.1 Å². The first-order chi connectivity index (χ1) is 25.7. The third-order valence-electron chi connectivity index (χ3n) is 10.7. The summed E-state index contributed by atoms with van der Waals surface area (Å²) in [5, 5.41) is 12.2. The Morgan fingerprint density at radius 1 is 0.596 bits per heavy atom. The fourth-order valence-corrected chi connectivity index (χ4v) is 11.1. The lowest BCUT2D eigenvalue weighted by molar-refractivity contribution is 0.229. The number of benzene rings is 7. The van der Waals surface area contributed by atoms with E-state index >= 15 is 0 Å². The average Bonchev–Trinajstić information content (AvgIpc) is 3.90. The van der Waals surface area contributed by atoms with E-state index in [1.165, 1.54) is 91.3 Å². The first kappa shape index (κ1) is 31.4. The van der Waals surface area contributed by atoms with Gasteiger partial charge in [-0.2, -0.15) is 0 Å². The number of hydrogen-bond acceptors (Lipinski definition) is 4. The number of hydrogen-bond donors (Lipinski definition) is 1. The van der Waals surface area contributed by atoms with Gasteiger partial charge in [0.15, 0.2) is 0 Å². The number of para-hydroxylation sites is 1. The minimum atomic E-state index is 0.0632. The second-order valence-corrected chi connectivity index (χ2v) is 15.5. The Morgan fingerprint density at radius 3 is 2.02 bits per heavy atom. The molecule has 0 fully saturated rings. The summed E-state index contributed by atoms with van der Waals surface area (Å²) < 4.78 is 5.18. The summed E-state index contributed by atoms with van der Waals surface area (Å²) in [7, 11) is 2.24. The molecule has 1 N–H and O–H groups in total. The Hall–Kier alpha value is -5.33. The molecule has 9 aromatic rings. The van der Waals surface area contributed by atoms with Crippen LogP contribution < -0.4 is 5.32 Å². The molecular formula is C47H37N3S2. The summed E-state index contributed by atoms with van der Waals surface area (Å²) in [5.41, 5.74) is 10.1. The zero-order chi connectivity index (χ0) is 34.9. The van der Waals surface area contributed by atoms with Crippen molar-refractivity contribution in [3.05, 3.63) is 168 Å². The van der Waals surface area contributed by atoms with E-state index in [-0.39, 0.29) is 11.5 Å². The maximum Gasteiger partial charge on any atom is 0.107 e. The van der Waals surface area contributed by atoms with E-state index in [2.05, 4.69) is 173 Å². The van der Waals surface area contributed by atoms with Crippen molar-refractivity contribution in [3.8, 4) is 5.69 Å². The molecule has 7 aromatic carbocycles. The van der Waals surface area contributed by atoms with Crippen molar-refractivity contribution in [1.29, 1.82) is 0 Å². The van der Waals surface area contributed by atoms with Gasteiger partial charge in [-0.05, 0) is 64.8 Å². The monoisotopic (exact) mass is 707 g/mol. The number of aromatic nitrogens is 1. The van der Waals surface area contributed by atoms with Crippen LogP contribution in [0.3, 0.4) is 0 Å². The zero-order valence-electron chi connectivity index (χ0n) is 29.3. The zero-order valence-corrected chi connectivity index (χ0v) is 30.9. The summed E-state index contributed by atoms with van der Waals surface area (Å²) in [6.07, 6.45) is 0.0632. The molecule has 0 radical (unpaired) electrons. The topological polar surface area (TPSA) is 20.2 Å². The first-order valence-electron chi connectivity index (χ1n) is 18.1. The van der Waals surface area contributed by atoms with Crippen molar-refractivity contribution in [2.24, 2.45) is 0 Å². The van der Waals surface area contributed by atoms with E-state index in [1.54, 1.807) is 0 Å². The van der Waals surface area contributed by atoms with Gasteiger partial charge < -0.3 is 9.88 Å². The molecule has 52 heavy (non-hydrogen) atoms. The smallest absolute Gasteiger partial charge is 0.107 e. The van der Waals surface area contributed by atoms with Crippen LogP contribution in [0.15, 0.2) is 157 Å². The molecule has 0 aliphatic carbocycles. The molecule has 2 atom stereocenters. The van der Waals surface area contributed by atoms with Gasteiger partial charge in [0.05, 0.1) is 21.1 Å². The molecule has 0 spiro atoms. The van der Waals surface area contributed by atoms with Crippen molar-refractivity contribution in [3.63, 3.8) is 0 Å². The molecule has 2 aromatic heterocycles. The molecular weight excluding hydrogens is 671 g/mol. The predicted molar refractivity (Wildman–Crippen MR) is 226 cm³/mol. The van der Waals surface area contributed by atoms with Crippen LogP contribution in [0.2, 0.25) is 0 Å². The van der Waals surface area contributed by atoms with Crippen molar-refractivity contribution in [2.75, 3.05) is 7.05 Å². The highest BCUT2D eigenvalue weighted by Crippen LogP contribution is 2.53. The van der Waals surface area contributed by atoms with Crippen LogP contribution in [0.25, 0.3) is 69.7 Å². The van der Waals surface area contributed by atoms with Crippen LogP contribution in [0, 0.1) is 0 Å². The van der Waals surface area contributed by atoms with Crippen molar-refractivity contribution in [1.82, 2.24) is 14.8 Å². The van der Waals surface area contributed by atoms with Gasteiger partial charge in [-0.1, -0.05) is 135 Å². The number of thioether (sulfide) groups is 1. The molecule has 0 saturated carbocycles. The summed E-state index contributed by atoms with van der Waals surface area (Å²) >= 11 is 3.87. The van der Waals surface area contributed by atoms with E-state index in [0.717, 1.165) is 0 Å². The highest BCUT2D eigenvalue weighted by Gasteiger charge is 2.40. The quantitative estimate of drug-likeness (QED) is 0.197. The Balaban J connectivity index is 0.00000166. The van der Waals surface area contributed by atoms with Crippen LogP contribution in [-0.4, -0.2) is 21.9 Å². The lowest BCUT2D eigenvalue weighted by atomic mass is 9.95. The van der Waals surface area contributed by atoms with Gasteiger partial charge in [0.1, 0.15) is 6.17 Å². The molecule has 0 amide bonds. The summed E-state index contributed by atoms with van der Waals surface area (Å²) in [6, 6.07) is 55.8. The Kier molecular flexibility index (Phi) is 7.50. The summed E-state index contributed by atoms with van der Waals surface area (Å²) in [6.45, 7) is 4.00. The number of nitrogens with one attached hydrogen (secondary N) is 1. The molecule has 0 saturated heterocycles. The lowest BCUT2D eigenvalue weighted by Crippen LogP contribution is -2.44. The van der Waals surface area contributed by atoms with Gasteiger partial charge in [0.2, 0.25) is 0 Å². The highest BCUT2D eigenvalue weighted by atomic mass is 32.2. The number of nitrogens with zero attached hydrogens (tertiary/aromatic N) is 2. The molecule has 2 aliphatic rings. The van der Waals surface area contributed by atoms with E-state index in [4.69, 9.17) is 0 Å². The molecule has 2 aliphatic heterocycles. The Bertz CT molecular complexity index is 2850. The number of fused-ring (bicyclic) bond motifs is 13. The van der Waals surface area contributed by atoms with Gasteiger partial charge in [-0.15, -0.1) is 23.1 Å². The SMILES string of the molecule is CC.CN1C2Sc3ccccc3C2=C(c2ccc(-n3c4ccccc4c4c5ccccc5c5c6ccccc6sc5c43)cc2)NC1c1ccccc1. The first-order valence-corrected chi connectivity index (χ1v) is 19.8. The largest absolute Gasteiger partial charge is 0.365 e. The second kappa shape index (κ2) is 12.4. The summed E-state index contributed by atoms with van der Waals surface area (Å²) in [4.78, 5) is 3.82. The van der Waals surface area contributed by atoms with Crippen LogP contribution in [0.1, 0.15) is 36.7 Å². The second-order valence-electron chi connectivity index (χ2n) is 13.3. The molecule has 0 bridgehead atoms. The normalized spacial score (nSPS) is 17.1. The molecule has 5 heteroatoms. The maximum atomic E-state index is 4.01. The van der Waals surface area contributed by atoms with E-state index in [9.17, 15) is 0 Å². The summed E-state index contributed by atoms with van der Waals surface area (Å²) in [5.74, 6) is 0. The van der Waals surface area contributed by atoms with E-state index in [1.807, 2.05) is 36.9 Å². The van der Waals surface area contributed by atoms with Gasteiger partial charge in [-0.25, -0.2) is 0 Å². The van der Waals surface area contributed by atoms with E-state index < -0.39 is 0 Å². The van der Waals surface area contributed by atoms with Gasteiger partial charge in [-0.3, -0.25) is 4.90 Å². The van der Waals surface area contributed by atoms with Crippen LogP contribution in [0.4, 0.5) is 0 Å². The van der Waals surface area contributed by atoms with Crippen LogP contribution in [-0.2, 0) is 0 Å². The highest BCUT2D eigenvalue weighted by molar-refractivity contribution is 8.00. The van der Waals surface area contributed by atoms with Crippen molar-refractivity contribution < 1.29 is 0 Å². The molecule has 252 valence electrons. The third-order valence-corrected chi connectivity index (χ3v) is 13.2. The number of rotatable bonds is 3. The molecule has 3 nitrogen and oxygen atoms in total. The standard InChI is InChI=1S/C45H31N3S2.C2H6/c1-47-44(28-13-3-2-4-14-28)46-41(40-34-19-9-12-22-37(34)50-45(40)47)27-23-25-29(26-24-27)48-35-20-10-7-17-32(35)38-30-15-5-6-16-31(30)39-33-18-8-11-21-36(33)49-43(39)42(38)48;1-2/h2-26,44-46H,1H3;1-2H3. The van der Waals surface area contributed by atoms with Crippen molar-refractivity contribution >= 4 is 87.1 Å². The van der Waals surface area contributed by atoms with Gasteiger partial charge in [0, 0.05) is 48.1 Å². The Morgan fingerprint density at radius 2 is 1.23 bits per heavy atom. The minimum Gasteiger partial charge on any atom is -0.365 e.